The summed E-state index contributed by atoms with van der Waals surface area (Å²) in [6.45, 7) is 2.43. The third-order valence-electron chi connectivity index (χ3n) is 3.03. The fourth-order valence-electron chi connectivity index (χ4n) is 1.75. The largest absolute Gasteiger partial charge is 0.329 e. The summed E-state index contributed by atoms with van der Waals surface area (Å²) in [4.78, 5) is 11.9. The van der Waals surface area contributed by atoms with E-state index in [1.807, 2.05) is 25.1 Å². The molecule has 0 spiro atoms. The number of carbonyl (C=O) groups is 1. The molecule has 0 atom stereocenters. The number of nitrogens with one attached hydrogen (secondary N) is 1. The van der Waals surface area contributed by atoms with Gasteiger partial charge in [-0.1, -0.05) is 15.9 Å². The highest BCUT2D eigenvalue weighted by Crippen LogP contribution is 2.45. The SMILES string of the molecule is Cc1cc(Br)cc(NC(=O)C2(CN)CC2)c1. The molecule has 16 heavy (non-hydrogen) atoms. The van der Waals surface area contributed by atoms with Gasteiger partial charge in [-0.25, -0.2) is 0 Å². The fourth-order valence-corrected chi connectivity index (χ4v) is 2.35. The van der Waals surface area contributed by atoms with Crippen LogP contribution in [0.1, 0.15) is 18.4 Å². The molecular weight excluding hydrogens is 268 g/mol. The molecule has 4 heteroatoms. The third-order valence-corrected chi connectivity index (χ3v) is 3.48. The van der Waals surface area contributed by atoms with Crippen LogP contribution < -0.4 is 11.1 Å². The van der Waals surface area contributed by atoms with E-state index in [0.29, 0.717) is 6.54 Å². The second-order valence-corrected chi connectivity index (χ2v) is 5.37. The molecular formula is C12H15BrN2O. The van der Waals surface area contributed by atoms with Gasteiger partial charge in [-0.05, 0) is 43.5 Å². The molecule has 3 nitrogen and oxygen atoms in total. The Labute approximate surface area is 104 Å². The number of hydrogen-bond donors (Lipinski definition) is 2. The summed E-state index contributed by atoms with van der Waals surface area (Å²) in [5.74, 6) is 0.0486. The van der Waals surface area contributed by atoms with Gasteiger partial charge in [-0.15, -0.1) is 0 Å². The van der Waals surface area contributed by atoms with Crippen LogP contribution in [0, 0.1) is 12.3 Å². The minimum absolute atomic E-state index is 0.0486. The van der Waals surface area contributed by atoms with Crippen molar-refractivity contribution >= 4 is 27.5 Å². The summed E-state index contributed by atoms with van der Waals surface area (Å²) in [6.07, 6.45) is 1.81. The molecule has 1 aromatic rings. The molecule has 0 bridgehead atoms. The minimum Gasteiger partial charge on any atom is -0.329 e. The molecule has 0 aliphatic heterocycles. The molecule has 1 amide bonds. The van der Waals surface area contributed by atoms with Gasteiger partial charge in [0.05, 0.1) is 5.41 Å². The Morgan fingerprint density at radius 3 is 2.69 bits per heavy atom. The Morgan fingerprint density at radius 2 is 2.19 bits per heavy atom. The predicted molar refractivity (Wildman–Crippen MR) is 68.2 cm³/mol. The molecule has 1 saturated carbocycles. The summed E-state index contributed by atoms with van der Waals surface area (Å²) >= 11 is 3.41. The van der Waals surface area contributed by atoms with Crippen LogP contribution in [0.5, 0.6) is 0 Å². The number of hydrogen-bond acceptors (Lipinski definition) is 2. The lowest BCUT2D eigenvalue weighted by Crippen LogP contribution is -2.30. The quantitative estimate of drug-likeness (QED) is 0.895. The van der Waals surface area contributed by atoms with Crippen LogP contribution in [0.4, 0.5) is 5.69 Å². The first kappa shape index (κ1) is 11.6. The number of halogens is 1. The molecule has 0 saturated heterocycles. The van der Waals surface area contributed by atoms with Crippen molar-refractivity contribution in [2.45, 2.75) is 19.8 Å². The minimum atomic E-state index is -0.295. The maximum atomic E-state index is 11.9. The van der Waals surface area contributed by atoms with E-state index < -0.39 is 0 Å². The molecule has 1 fully saturated rings. The molecule has 0 aromatic heterocycles. The van der Waals surface area contributed by atoms with Gasteiger partial charge < -0.3 is 11.1 Å². The van der Waals surface area contributed by atoms with Gasteiger partial charge in [0.1, 0.15) is 0 Å². The number of benzene rings is 1. The van der Waals surface area contributed by atoms with Crippen molar-refractivity contribution in [2.24, 2.45) is 11.1 Å². The van der Waals surface area contributed by atoms with Crippen molar-refractivity contribution < 1.29 is 4.79 Å². The molecule has 1 aromatic carbocycles. The van der Waals surface area contributed by atoms with Crippen molar-refractivity contribution in [1.82, 2.24) is 0 Å². The van der Waals surface area contributed by atoms with E-state index in [1.165, 1.54) is 0 Å². The molecule has 86 valence electrons. The zero-order valence-electron chi connectivity index (χ0n) is 9.22. The first-order valence-electron chi connectivity index (χ1n) is 5.34. The Hall–Kier alpha value is -0.870. The van der Waals surface area contributed by atoms with Crippen LogP contribution in [0.2, 0.25) is 0 Å². The number of carbonyl (C=O) groups excluding carboxylic acids is 1. The molecule has 1 aliphatic rings. The van der Waals surface area contributed by atoms with Gasteiger partial charge in [0.15, 0.2) is 0 Å². The van der Waals surface area contributed by atoms with E-state index >= 15 is 0 Å². The Balaban J connectivity index is 2.12. The average Bonchev–Trinajstić information content (AvgIpc) is 2.96. The normalized spacial score (nSPS) is 16.9. The van der Waals surface area contributed by atoms with Gasteiger partial charge in [0.2, 0.25) is 5.91 Å². The van der Waals surface area contributed by atoms with Crippen LogP contribution in [-0.2, 0) is 4.79 Å². The summed E-state index contributed by atoms with van der Waals surface area (Å²) in [5, 5.41) is 2.93. The van der Waals surface area contributed by atoms with E-state index in [9.17, 15) is 4.79 Å². The van der Waals surface area contributed by atoms with Crippen molar-refractivity contribution in [1.29, 1.82) is 0 Å². The highest BCUT2D eigenvalue weighted by atomic mass is 79.9. The van der Waals surface area contributed by atoms with E-state index in [-0.39, 0.29) is 11.3 Å². The Morgan fingerprint density at radius 1 is 1.50 bits per heavy atom. The summed E-state index contributed by atoms with van der Waals surface area (Å²) in [7, 11) is 0. The summed E-state index contributed by atoms with van der Waals surface area (Å²) in [6, 6.07) is 5.86. The molecule has 0 heterocycles. The predicted octanol–water partition coefficient (Wildman–Crippen LogP) is 2.43. The van der Waals surface area contributed by atoms with E-state index in [4.69, 9.17) is 5.73 Å². The van der Waals surface area contributed by atoms with Crippen molar-refractivity contribution in [2.75, 3.05) is 11.9 Å². The molecule has 0 radical (unpaired) electrons. The molecule has 0 unspecified atom stereocenters. The smallest absolute Gasteiger partial charge is 0.231 e. The number of nitrogens with two attached hydrogens (primary N) is 1. The van der Waals surface area contributed by atoms with Crippen LogP contribution in [0.3, 0.4) is 0 Å². The van der Waals surface area contributed by atoms with Gasteiger partial charge in [-0.2, -0.15) is 0 Å². The second kappa shape index (κ2) is 4.18. The number of amides is 1. The molecule has 3 N–H and O–H groups in total. The van der Waals surface area contributed by atoms with Gasteiger partial charge in [0.25, 0.3) is 0 Å². The van der Waals surface area contributed by atoms with Crippen molar-refractivity contribution in [3.05, 3.63) is 28.2 Å². The zero-order chi connectivity index (χ0) is 11.8. The van der Waals surface area contributed by atoms with Gasteiger partial charge >= 0.3 is 0 Å². The Kier molecular flexibility index (Phi) is 3.04. The second-order valence-electron chi connectivity index (χ2n) is 4.46. The van der Waals surface area contributed by atoms with Crippen LogP contribution >= 0.6 is 15.9 Å². The average molecular weight is 283 g/mol. The topological polar surface area (TPSA) is 55.1 Å². The van der Waals surface area contributed by atoms with Crippen molar-refractivity contribution in [3.63, 3.8) is 0 Å². The number of rotatable bonds is 3. The highest BCUT2D eigenvalue weighted by molar-refractivity contribution is 9.10. The maximum Gasteiger partial charge on any atom is 0.231 e. The lowest BCUT2D eigenvalue weighted by Gasteiger charge is -2.13. The first-order chi connectivity index (χ1) is 7.55. The fraction of sp³-hybridized carbons (Fsp3) is 0.417. The van der Waals surface area contributed by atoms with E-state index in [1.54, 1.807) is 0 Å². The monoisotopic (exact) mass is 282 g/mol. The van der Waals surface area contributed by atoms with Gasteiger partial charge in [0, 0.05) is 16.7 Å². The van der Waals surface area contributed by atoms with E-state index in [2.05, 4.69) is 21.2 Å². The first-order valence-corrected chi connectivity index (χ1v) is 6.14. The number of anilines is 1. The third kappa shape index (κ3) is 2.28. The summed E-state index contributed by atoms with van der Waals surface area (Å²) in [5.41, 5.74) is 7.26. The molecule has 1 aliphatic carbocycles. The van der Waals surface area contributed by atoms with Gasteiger partial charge in [-0.3, -0.25) is 4.79 Å². The Bertz CT molecular complexity index is 407. The lowest BCUT2D eigenvalue weighted by molar-refractivity contribution is -0.120. The van der Waals surface area contributed by atoms with Crippen molar-refractivity contribution in [3.8, 4) is 0 Å². The van der Waals surface area contributed by atoms with Crippen LogP contribution in [0.15, 0.2) is 22.7 Å². The van der Waals surface area contributed by atoms with Crippen LogP contribution in [0.25, 0.3) is 0 Å². The standard InChI is InChI=1S/C12H15BrN2O/c1-8-4-9(13)6-10(5-8)15-11(16)12(7-14)2-3-12/h4-6H,2-3,7,14H2,1H3,(H,15,16). The summed E-state index contributed by atoms with van der Waals surface area (Å²) < 4.78 is 0.973. The lowest BCUT2D eigenvalue weighted by atomic mass is 10.1. The van der Waals surface area contributed by atoms with E-state index in [0.717, 1.165) is 28.6 Å². The number of aryl methyl sites for hydroxylation is 1. The molecule has 2 rings (SSSR count). The highest BCUT2D eigenvalue weighted by Gasteiger charge is 2.48. The van der Waals surface area contributed by atoms with Crippen LogP contribution in [-0.4, -0.2) is 12.5 Å². The maximum absolute atomic E-state index is 11.9. The zero-order valence-corrected chi connectivity index (χ0v) is 10.8.